The third kappa shape index (κ3) is 2.44. The predicted octanol–water partition coefficient (Wildman–Crippen LogP) is 3.11. The largest absolute Gasteiger partial charge is 0.347 e. The maximum absolute atomic E-state index is 12.1. The van der Waals surface area contributed by atoms with Crippen LogP contribution in [0.2, 0.25) is 5.02 Å². The van der Waals surface area contributed by atoms with Crippen molar-refractivity contribution in [3.05, 3.63) is 28.5 Å². The van der Waals surface area contributed by atoms with Gasteiger partial charge >= 0.3 is 0 Å². The molecule has 4 heteroatoms. The fraction of sp³-hybridized carbons (Fsp3) is 0.538. The number of nitrogens with one attached hydrogen (secondary N) is 1. The van der Waals surface area contributed by atoms with Crippen LogP contribution in [0.15, 0.2) is 12.3 Å². The number of pyridine rings is 1. The normalized spacial score (nSPS) is 17.4. The zero-order valence-electron chi connectivity index (χ0n) is 10.2. The third-order valence-corrected chi connectivity index (χ3v) is 3.91. The molecule has 1 heterocycles. The maximum Gasteiger partial charge on any atom is 0.254 e. The standard InChI is InChI=1S/C13H17ClN2O/c1-3-13(5-4-6-13)16-12(17)10-8-15-9(2)7-11(10)14/h7-8H,3-6H2,1-2H3,(H,16,17). The Morgan fingerprint density at radius 1 is 1.59 bits per heavy atom. The molecule has 92 valence electrons. The lowest BCUT2D eigenvalue weighted by Crippen LogP contribution is -2.53. The number of hydrogen-bond donors (Lipinski definition) is 1. The van der Waals surface area contributed by atoms with E-state index in [0.29, 0.717) is 10.6 Å². The number of carbonyl (C=O) groups excluding carboxylic acids is 1. The van der Waals surface area contributed by atoms with Crippen LogP contribution in [0.5, 0.6) is 0 Å². The van der Waals surface area contributed by atoms with E-state index in [1.54, 1.807) is 12.3 Å². The first-order valence-electron chi connectivity index (χ1n) is 6.01. The summed E-state index contributed by atoms with van der Waals surface area (Å²) in [5, 5.41) is 3.57. The summed E-state index contributed by atoms with van der Waals surface area (Å²) in [6, 6.07) is 1.72. The molecule has 0 unspecified atom stereocenters. The Hall–Kier alpha value is -1.09. The van der Waals surface area contributed by atoms with Crippen LogP contribution in [0.25, 0.3) is 0 Å². The average molecular weight is 253 g/mol. The molecule has 0 saturated heterocycles. The summed E-state index contributed by atoms with van der Waals surface area (Å²) in [7, 11) is 0. The molecule has 3 nitrogen and oxygen atoms in total. The first kappa shape index (κ1) is 12.4. The smallest absolute Gasteiger partial charge is 0.254 e. The molecule has 17 heavy (non-hydrogen) atoms. The van der Waals surface area contributed by atoms with Crippen LogP contribution in [0.3, 0.4) is 0 Å². The van der Waals surface area contributed by atoms with Crippen LogP contribution in [0.4, 0.5) is 0 Å². The molecule has 0 aliphatic heterocycles. The number of amides is 1. The molecule has 0 bridgehead atoms. The van der Waals surface area contributed by atoms with E-state index in [2.05, 4.69) is 17.2 Å². The van der Waals surface area contributed by atoms with Crippen molar-refractivity contribution >= 4 is 17.5 Å². The Bertz CT molecular complexity index is 436. The Balaban J connectivity index is 2.14. The first-order chi connectivity index (χ1) is 8.06. The molecule has 1 N–H and O–H groups in total. The van der Waals surface area contributed by atoms with E-state index in [-0.39, 0.29) is 11.4 Å². The van der Waals surface area contributed by atoms with Gasteiger partial charge in [-0.25, -0.2) is 0 Å². The van der Waals surface area contributed by atoms with Crippen LogP contribution >= 0.6 is 11.6 Å². The summed E-state index contributed by atoms with van der Waals surface area (Å²) in [4.78, 5) is 16.2. The van der Waals surface area contributed by atoms with Crippen LogP contribution in [0, 0.1) is 6.92 Å². The zero-order chi connectivity index (χ0) is 12.5. The second-order valence-electron chi connectivity index (χ2n) is 4.75. The number of aromatic nitrogens is 1. The van der Waals surface area contributed by atoms with Gasteiger partial charge in [-0.3, -0.25) is 9.78 Å². The maximum atomic E-state index is 12.1. The second-order valence-corrected chi connectivity index (χ2v) is 5.15. The lowest BCUT2D eigenvalue weighted by atomic mass is 9.74. The van der Waals surface area contributed by atoms with Crippen molar-refractivity contribution in [1.29, 1.82) is 0 Å². The highest BCUT2D eigenvalue weighted by Crippen LogP contribution is 2.35. The minimum absolute atomic E-state index is 0.00863. The van der Waals surface area contributed by atoms with E-state index >= 15 is 0 Å². The van der Waals surface area contributed by atoms with Gasteiger partial charge < -0.3 is 5.32 Å². The molecule has 1 aliphatic rings. The lowest BCUT2D eigenvalue weighted by molar-refractivity contribution is 0.0820. The summed E-state index contributed by atoms with van der Waals surface area (Å²) in [6.45, 7) is 3.96. The Morgan fingerprint density at radius 2 is 2.29 bits per heavy atom. The number of nitrogens with zero attached hydrogens (tertiary/aromatic N) is 1. The Kier molecular flexibility index (Phi) is 3.38. The van der Waals surface area contributed by atoms with E-state index < -0.39 is 0 Å². The topological polar surface area (TPSA) is 42.0 Å². The van der Waals surface area contributed by atoms with Crippen molar-refractivity contribution in [2.75, 3.05) is 0 Å². The van der Waals surface area contributed by atoms with Crippen molar-refractivity contribution in [1.82, 2.24) is 10.3 Å². The first-order valence-corrected chi connectivity index (χ1v) is 6.39. The summed E-state index contributed by atoms with van der Waals surface area (Å²) in [5.74, 6) is -0.107. The molecule has 1 saturated carbocycles. The highest BCUT2D eigenvalue weighted by Gasteiger charge is 2.36. The lowest BCUT2D eigenvalue weighted by Gasteiger charge is -2.42. The van der Waals surface area contributed by atoms with E-state index in [0.717, 1.165) is 25.0 Å². The van der Waals surface area contributed by atoms with Gasteiger partial charge in [0, 0.05) is 17.4 Å². The van der Waals surface area contributed by atoms with Gasteiger partial charge in [0.25, 0.3) is 5.91 Å². The Morgan fingerprint density at radius 3 is 2.76 bits per heavy atom. The molecule has 1 aromatic heterocycles. The number of hydrogen-bond acceptors (Lipinski definition) is 2. The predicted molar refractivity (Wildman–Crippen MR) is 68.3 cm³/mol. The molecule has 1 amide bonds. The summed E-state index contributed by atoms with van der Waals surface area (Å²) < 4.78 is 0. The molecule has 0 spiro atoms. The van der Waals surface area contributed by atoms with Gasteiger partial charge in [-0.15, -0.1) is 0 Å². The monoisotopic (exact) mass is 252 g/mol. The minimum Gasteiger partial charge on any atom is -0.347 e. The van der Waals surface area contributed by atoms with E-state index in [4.69, 9.17) is 11.6 Å². The van der Waals surface area contributed by atoms with Gasteiger partial charge in [0.15, 0.2) is 0 Å². The molecular formula is C13H17ClN2O. The van der Waals surface area contributed by atoms with Crippen molar-refractivity contribution < 1.29 is 4.79 Å². The quantitative estimate of drug-likeness (QED) is 0.898. The van der Waals surface area contributed by atoms with Gasteiger partial charge in [0.2, 0.25) is 0 Å². The number of rotatable bonds is 3. The molecule has 0 atom stereocenters. The van der Waals surface area contributed by atoms with Crippen LogP contribution < -0.4 is 5.32 Å². The van der Waals surface area contributed by atoms with Gasteiger partial charge in [0.1, 0.15) is 0 Å². The molecule has 0 aromatic carbocycles. The molecule has 1 aliphatic carbocycles. The van der Waals surface area contributed by atoms with Crippen molar-refractivity contribution in [3.8, 4) is 0 Å². The van der Waals surface area contributed by atoms with Crippen molar-refractivity contribution in [2.45, 2.75) is 45.1 Å². The fourth-order valence-electron chi connectivity index (χ4n) is 2.17. The van der Waals surface area contributed by atoms with Crippen molar-refractivity contribution in [2.24, 2.45) is 0 Å². The molecular weight excluding hydrogens is 236 g/mol. The van der Waals surface area contributed by atoms with E-state index in [1.165, 1.54) is 6.42 Å². The zero-order valence-corrected chi connectivity index (χ0v) is 11.0. The van der Waals surface area contributed by atoms with Crippen LogP contribution in [-0.4, -0.2) is 16.4 Å². The summed E-state index contributed by atoms with van der Waals surface area (Å²) in [5.41, 5.74) is 1.28. The second kappa shape index (κ2) is 4.65. The highest BCUT2D eigenvalue weighted by molar-refractivity contribution is 6.33. The third-order valence-electron chi connectivity index (χ3n) is 3.60. The van der Waals surface area contributed by atoms with Gasteiger partial charge in [-0.05, 0) is 38.7 Å². The molecule has 2 rings (SSSR count). The minimum atomic E-state index is -0.107. The Labute approximate surface area is 107 Å². The number of halogens is 1. The summed E-state index contributed by atoms with van der Waals surface area (Å²) >= 11 is 6.06. The number of carbonyl (C=O) groups is 1. The van der Waals surface area contributed by atoms with Gasteiger partial charge in [-0.2, -0.15) is 0 Å². The van der Waals surface area contributed by atoms with Gasteiger partial charge in [0.05, 0.1) is 10.6 Å². The summed E-state index contributed by atoms with van der Waals surface area (Å²) in [6.07, 6.45) is 5.83. The molecule has 0 radical (unpaired) electrons. The van der Waals surface area contributed by atoms with E-state index in [1.807, 2.05) is 6.92 Å². The van der Waals surface area contributed by atoms with Crippen molar-refractivity contribution in [3.63, 3.8) is 0 Å². The molecule has 1 fully saturated rings. The van der Waals surface area contributed by atoms with E-state index in [9.17, 15) is 4.79 Å². The number of aryl methyl sites for hydroxylation is 1. The SMILES string of the molecule is CCC1(NC(=O)c2cnc(C)cc2Cl)CCC1. The van der Waals surface area contributed by atoms with Crippen LogP contribution in [0.1, 0.15) is 48.7 Å². The van der Waals surface area contributed by atoms with Crippen LogP contribution in [-0.2, 0) is 0 Å². The highest BCUT2D eigenvalue weighted by atomic mass is 35.5. The average Bonchev–Trinajstić information content (AvgIpc) is 2.23. The fourth-order valence-corrected chi connectivity index (χ4v) is 2.46. The molecule has 1 aromatic rings. The van der Waals surface area contributed by atoms with Gasteiger partial charge in [-0.1, -0.05) is 18.5 Å².